The molecule has 0 fully saturated rings. The summed E-state index contributed by atoms with van der Waals surface area (Å²) in [5.74, 6) is 4.64. The zero-order chi connectivity index (χ0) is 13.5. The Morgan fingerprint density at radius 3 is 2.22 bits per heavy atom. The molecule has 0 bridgehead atoms. The Labute approximate surface area is 105 Å². The predicted molar refractivity (Wildman–Crippen MR) is 61.6 cm³/mol. The maximum absolute atomic E-state index is 10.7. The summed E-state index contributed by atoms with van der Waals surface area (Å²) < 4.78 is 15.5. The van der Waals surface area contributed by atoms with E-state index in [1.807, 2.05) is 5.43 Å². The Bertz CT molecular complexity index is 257. The highest BCUT2D eigenvalue weighted by Gasteiger charge is 1.97. The number of carbonyl (C=O) groups excluding carboxylic acids is 1. The number of hydrazine groups is 1. The normalized spacial score (nSPS) is 9.83. The van der Waals surface area contributed by atoms with Crippen LogP contribution in [0.15, 0.2) is 5.11 Å². The number of carbonyl (C=O) groups is 1. The standard InChI is InChI=1S/C9H19N5O4/c10-13-9(15)1-3-16-5-7-18-8-6-17-4-2-12-14-11/h10H,1-8H2,(H2,11,12)/p+1. The maximum atomic E-state index is 10.7. The molecule has 4 N–H and O–H groups in total. The van der Waals surface area contributed by atoms with Crippen LogP contribution < -0.4 is 16.2 Å². The number of nitrogens with two attached hydrogens (primary N) is 1. The van der Waals surface area contributed by atoms with Gasteiger partial charge in [-0.15, -0.1) is 0 Å². The third-order valence-corrected chi connectivity index (χ3v) is 1.78. The highest BCUT2D eigenvalue weighted by atomic mass is 16.5. The van der Waals surface area contributed by atoms with Gasteiger partial charge in [-0.3, -0.25) is 10.2 Å². The zero-order valence-electron chi connectivity index (χ0n) is 10.3. The van der Waals surface area contributed by atoms with E-state index in [0.29, 0.717) is 46.2 Å². The fraction of sp³-hybridized carbons (Fsp3) is 0.889. The van der Waals surface area contributed by atoms with Gasteiger partial charge in [0.1, 0.15) is 17.2 Å². The van der Waals surface area contributed by atoms with E-state index in [1.54, 1.807) is 0 Å². The van der Waals surface area contributed by atoms with Crippen molar-refractivity contribution in [2.24, 2.45) is 11.0 Å². The van der Waals surface area contributed by atoms with Crippen molar-refractivity contribution in [2.45, 2.75) is 6.42 Å². The molecule has 0 aromatic rings. The van der Waals surface area contributed by atoms with Crippen LogP contribution >= 0.6 is 0 Å². The van der Waals surface area contributed by atoms with Crippen LogP contribution in [0.25, 0.3) is 0 Å². The van der Waals surface area contributed by atoms with E-state index in [-0.39, 0.29) is 12.3 Å². The second-order valence-corrected chi connectivity index (χ2v) is 3.12. The summed E-state index contributed by atoms with van der Waals surface area (Å²) in [5.41, 5.74) is 8.41. The Balaban J connectivity index is 3.03. The highest BCUT2D eigenvalue weighted by molar-refractivity contribution is 5.75. The van der Waals surface area contributed by atoms with Crippen LogP contribution in [0.3, 0.4) is 0 Å². The third-order valence-electron chi connectivity index (χ3n) is 1.78. The number of hydrogen-bond donors (Lipinski definition) is 3. The van der Waals surface area contributed by atoms with E-state index < -0.39 is 0 Å². The summed E-state index contributed by atoms with van der Waals surface area (Å²) in [5, 5.41) is 3.43. The van der Waals surface area contributed by atoms with Gasteiger partial charge in [0, 0.05) is 0 Å². The molecule has 0 atom stereocenters. The summed E-state index contributed by atoms with van der Waals surface area (Å²) in [4.78, 5) is 13.5. The molecule has 0 aromatic carbocycles. The average molecular weight is 262 g/mol. The minimum Gasteiger partial charge on any atom is -0.379 e. The van der Waals surface area contributed by atoms with Gasteiger partial charge in [-0.2, -0.15) is 0 Å². The van der Waals surface area contributed by atoms with Gasteiger partial charge in [0.15, 0.2) is 0 Å². The van der Waals surface area contributed by atoms with Crippen LogP contribution in [0.4, 0.5) is 0 Å². The van der Waals surface area contributed by atoms with Gasteiger partial charge in [-0.25, -0.2) is 5.84 Å². The maximum Gasteiger partial charge on any atom is 0.236 e. The van der Waals surface area contributed by atoms with E-state index in [4.69, 9.17) is 25.6 Å². The molecule has 0 spiro atoms. The molecular weight excluding hydrogens is 242 g/mol. The number of nitrogens with one attached hydrogen (secondary N) is 2. The van der Waals surface area contributed by atoms with Gasteiger partial charge in [0.25, 0.3) is 0 Å². The molecule has 0 aromatic heterocycles. The van der Waals surface area contributed by atoms with Gasteiger partial charge in [0.05, 0.1) is 46.1 Å². The van der Waals surface area contributed by atoms with Crippen LogP contribution in [0, 0.1) is 5.53 Å². The van der Waals surface area contributed by atoms with Crippen molar-refractivity contribution in [3.8, 4) is 0 Å². The Morgan fingerprint density at radius 2 is 1.67 bits per heavy atom. The molecule has 0 saturated heterocycles. The largest absolute Gasteiger partial charge is 0.379 e. The molecule has 9 nitrogen and oxygen atoms in total. The Hall–Kier alpha value is -1.38. The molecule has 0 saturated carbocycles. The first-order valence-electron chi connectivity index (χ1n) is 5.57. The van der Waals surface area contributed by atoms with Crippen LogP contribution in [0.1, 0.15) is 6.42 Å². The summed E-state index contributed by atoms with van der Waals surface area (Å²) in [6.45, 7) is 2.92. The van der Waals surface area contributed by atoms with Crippen molar-refractivity contribution in [3.63, 3.8) is 0 Å². The lowest BCUT2D eigenvalue weighted by atomic mass is 10.4. The Morgan fingerprint density at radius 1 is 1.11 bits per heavy atom. The number of nitrogens with zero attached hydrogens (tertiary/aromatic N) is 2. The molecule has 0 rings (SSSR count). The molecule has 0 radical (unpaired) electrons. The third kappa shape index (κ3) is 12.7. The fourth-order valence-corrected chi connectivity index (χ4v) is 0.934. The average Bonchev–Trinajstić information content (AvgIpc) is 2.39. The molecule has 104 valence electrons. The van der Waals surface area contributed by atoms with Crippen molar-refractivity contribution in [3.05, 3.63) is 0 Å². The van der Waals surface area contributed by atoms with Crippen molar-refractivity contribution >= 4 is 5.91 Å². The van der Waals surface area contributed by atoms with Crippen molar-refractivity contribution in [1.29, 1.82) is 5.53 Å². The lowest BCUT2D eigenvalue weighted by molar-refractivity contribution is -0.122. The van der Waals surface area contributed by atoms with Crippen LogP contribution in [-0.4, -0.2) is 52.1 Å². The smallest absolute Gasteiger partial charge is 0.236 e. The first-order valence-corrected chi connectivity index (χ1v) is 5.57. The van der Waals surface area contributed by atoms with Crippen molar-refractivity contribution in [1.82, 2.24) is 10.3 Å². The molecule has 18 heavy (non-hydrogen) atoms. The Kier molecular flexibility index (Phi) is 12.6. The molecular formula is C9H20N5O4+. The molecule has 0 heterocycles. The van der Waals surface area contributed by atoms with Crippen LogP contribution in [0.2, 0.25) is 0 Å². The lowest BCUT2D eigenvalue weighted by Gasteiger charge is -2.05. The van der Waals surface area contributed by atoms with Gasteiger partial charge in [0.2, 0.25) is 10.8 Å². The van der Waals surface area contributed by atoms with E-state index in [1.165, 1.54) is 0 Å². The summed E-state index contributed by atoms with van der Waals surface area (Å²) >= 11 is 0. The van der Waals surface area contributed by atoms with E-state index >= 15 is 0 Å². The minimum atomic E-state index is -0.255. The molecule has 0 unspecified atom stereocenters. The van der Waals surface area contributed by atoms with Crippen molar-refractivity contribution < 1.29 is 19.0 Å². The second-order valence-electron chi connectivity index (χ2n) is 3.12. The van der Waals surface area contributed by atoms with Gasteiger partial charge >= 0.3 is 0 Å². The molecule has 1 amide bonds. The number of ether oxygens (including phenoxy) is 3. The van der Waals surface area contributed by atoms with E-state index in [2.05, 4.69) is 10.0 Å². The summed E-state index contributed by atoms with van der Waals surface area (Å²) in [6.07, 6.45) is 0.240. The number of rotatable bonds is 12. The topological polar surface area (TPSA) is 133 Å². The lowest BCUT2D eigenvalue weighted by Crippen LogP contribution is -2.30. The van der Waals surface area contributed by atoms with Crippen LogP contribution in [-0.2, 0) is 19.0 Å². The highest BCUT2D eigenvalue weighted by Crippen LogP contribution is 1.84. The molecule has 0 aliphatic rings. The first-order chi connectivity index (χ1) is 8.81. The van der Waals surface area contributed by atoms with E-state index in [9.17, 15) is 4.79 Å². The summed E-state index contributed by atoms with van der Waals surface area (Å²) in [6, 6.07) is 0. The SMILES string of the molecule is N=[N+]=NCCOCCOCCOCCC(=O)NN. The van der Waals surface area contributed by atoms with Crippen molar-refractivity contribution in [2.75, 3.05) is 46.2 Å². The zero-order valence-corrected chi connectivity index (χ0v) is 10.3. The predicted octanol–water partition coefficient (Wildman–Crippen LogP) is -1.03. The fourth-order valence-electron chi connectivity index (χ4n) is 0.934. The monoisotopic (exact) mass is 262 g/mol. The number of hydrogen-bond acceptors (Lipinski definition) is 7. The van der Waals surface area contributed by atoms with E-state index in [0.717, 1.165) is 0 Å². The van der Waals surface area contributed by atoms with Crippen LogP contribution in [0.5, 0.6) is 0 Å². The van der Waals surface area contributed by atoms with Gasteiger partial charge < -0.3 is 14.2 Å². The number of amides is 1. The minimum absolute atomic E-state index is 0.240. The summed E-state index contributed by atoms with van der Waals surface area (Å²) in [7, 11) is 0. The molecule has 0 aliphatic heterocycles. The molecule has 9 heteroatoms. The quantitative estimate of drug-likeness (QED) is 0.103. The molecule has 0 aliphatic carbocycles. The second kappa shape index (κ2) is 13.7. The van der Waals surface area contributed by atoms with Gasteiger partial charge in [-0.1, -0.05) is 0 Å². The first kappa shape index (κ1) is 16.6. The van der Waals surface area contributed by atoms with Gasteiger partial charge in [-0.05, 0) is 0 Å².